The number of rotatable bonds is 4. The highest BCUT2D eigenvalue weighted by Gasteiger charge is 2.09. The third-order valence-corrected chi connectivity index (χ3v) is 3.43. The lowest BCUT2D eigenvalue weighted by molar-refractivity contribution is 0.0698. The molecule has 0 aromatic heterocycles. The number of hydrogen-bond acceptors (Lipinski definition) is 3. The summed E-state index contributed by atoms with van der Waals surface area (Å²) in [5.74, 6) is -1.03. The van der Waals surface area contributed by atoms with Crippen LogP contribution in [0.15, 0.2) is 40.9 Å². The zero-order valence-electron chi connectivity index (χ0n) is 10.3. The van der Waals surface area contributed by atoms with Gasteiger partial charge in [0.1, 0.15) is 18.2 Å². The monoisotopic (exact) mass is 339 g/mol. The van der Waals surface area contributed by atoms with E-state index in [1.807, 2.05) is 0 Å². The molecule has 2 aromatic rings. The lowest BCUT2D eigenvalue weighted by Gasteiger charge is -2.09. The minimum Gasteiger partial charge on any atom is -0.489 e. The Morgan fingerprint density at radius 3 is 2.70 bits per heavy atom. The Morgan fingerprint density at radius 2 is 2.05 bits per heavy atom. The zero-order valence-corrected chi connectivity index (χ0v) is 11.9. The first-order valence-electron chi connectivity index (χ1n) is 5.67. The van der Waals surface area contributed by atoms with E-state index in [9.17, 15) is 9.18 Å². The van der Waals surface area contributed by atoms with Gasteiger partial charge in [0, 0.05) is 21.8 Å². The van der Waals surface area contributed by atoms with E-state index in [4.69, 9.17) is 15.6 Å². The summed E-state index contributed by atoms with van der Waals surface area (Å²) in [6, 6.07) is 8.60. The fourth-order valence-electron chi connectivity index (χ4n) is 1.64. The summed E-state index contributed by atoms with van der Waals surface area (Å²) >= 11 is 3.30. The van der Waals surface area contributed by atoms with Crippen LogP contribution in [-0.2, 0) is 6.61 Å². The van der Waals surface area contributed by atoms with Gasteiger partial charge in [-0.15, -0.1) is 0 Å². The molecule has 0 heterocycles. The first-order valence-corrected chi connectivity index (χ1v) is 6.46. The van der Waals surface area contributed by atoms with Crippen molar-refractivity contribution in [3.63, 3.8) is 0 Å². The molecule has 104 valence electrons. The van der Waals surface area contributed by atoms with Crippen LogP contribution >= 0.6 is 15.9 Å². The number of nitrogens with two attached hydrogens (primary N) is 1. The number of carbonyl (C=O) groups is 1. The Hall–Kier alpha value is -2.08. The number of ether oxygens (including phenoxy) is 1. The van der Waals surface area contributed by atoms with Gasteiger partial charge in [0.25, 0.3) is 0 Å². The summed E-state index contributed by atoms with van der Waals surface area (Å²) in [7, 11) is 0. The molecule has 0 unspecified atom stereocenters. The smallest absolute Gasteiger partial charge is 0.337 e. The Kier molecular flexibility index (Phi) is 4.24. The molecule has 0 spiro atoms. The van der Waals surface area contributed by atoms with Crippen molar-refractivity contribution in [2.45, 2.75) is 6.61 Å². The SMILES string of the molecule is Nc1cc(OCc2cc(F)ccc2Br)ccc1C(=O)O. The summed E-state index contributed by atoms with van der Waals surface area (Å²) in [5, 5.41) is 8.86. The molecule has 0 radical (unpaired) electrons. The Morgan fingerprint density at radius 1 is 1.30 bits per heavy atom. The molecule has 3 N–H and O–H groups in total. The van der Waals surface area contributed by atoms with Crippen molar-refractivity contribution in [2.75, 3.05) is 5.73 Å². The molecule has 0 aliphatic heterocycles. The molecule has 0 aliphatic carbocycles. The minimum absolute atomic E-state index is 0.0179. The standard InChI is InChI=1S/C14H11BrFNO3/c15-12-4-1-9(16)5-8(12)7-20-10-2-3-11(14(18)19)13(17)6-10/h1-6H,7,17H2,(H,18,19). The van der Waals surface area contributed by atoms with Crippen molar-refractivity contribution in [1.82, 2.24) is 0 Å². The summed E-state index contributed by atoms with van der Waals surface area (Å²) in [6.07, 6.45) is 0. The summed E-state index contributed by atoms with van der Waals surface area (Å²) in [5.41, 5.74) is 6.40. The number of carboxylic acid groups (broad SMARTS) is 1. The van der Waals surface area contributed by atoms with Gasteiger partial charge in [-0.05, 0) is 30.3 Å². The molecule has 0 atom stereocenters. The van der Waals surface area contributed by atoms with Crippen LogP contribution in [0.3, 0.4) is 0 Å². The Balaban J connectivity index is 2.13. The van der Waals surface area contributed by atoms with Gasteiger partial charge in [0.05, 0.1) is 5.56 Å². The zero-order chi connectivity index (χ0) is 14.7. The van der Waals surface area contributed by atoms with E-state index in [0.717, 1.165) is 4.47 Å². The quantitative estimate of drug-likeness (QED) is 0.837. The van der Waals surface area contributed by atoms with Crippen molar-refractivity contribution >= 4 is 27.6 Å². The van der Waals surface area contributed by atoms with E-state index < -0.39 is 5.97 Å². The maximum atomic E-state index is 13.1. The summed E-state index contributed by atoms with van der Waals surface area (Å²) in [4.78, 5) is 10.8. The summed E-state index contributed by atoms with van der Waals surface area (Å²) < 4.78 is 19.3. The van der Waals surface area contributed by atoms with Gasteiger partial charge in [0.2, 0.25) is 0 Å². The van der Waals surface area contributed by atoms with E-state index in [2.05, 4.69) is 15.9 Å². The van der Waals surface area contributed by atoms with Gasteiger partial charge in [-0.25, -0.2) is 9.18 Å². The Labute approximate surface area is 123 Å². The van der Waals surface area contributed by atoms with E-state index in [0.29, 0.717) is 11.3 Å². The number of anilines is 1. The van der Waals surface area contributed by atoms with Crippen LogP contribution in [0.1, 0.15) is 15.9 Å². The molecule has 0 saturated carbocycles. The highest BCUT2D eigenvalue weighted by Crippen LogP contribution is 2.23. The largest absolute Gasteiger partial charge is 0.489 e. The van der Waals surface area contributed by atoms with E-state index in [1.165, 1.54) is 30.3 Å². The molecule has 2 aromatic carbocycles. The molecular weight excluding hydrogens is 329 g/mol. The Bertz CT molecular complexity index is 661. The maximum Gasteiger partial charge on any atom is 0.337 e. The van der Waals surface area contributed by atoms with Crippen molar-refractivity contribution in [2.24, 2.45) is 0 Å². The second-order valence-electron chi connectivity index (χ2n) is 4.08. The lowest BCUT2D eigenvalue weighted by Crippen LogP contribution is -2.03. The second kappa shape index (κ2) is 5.92. The number of halogens is 2. The maximum absolute atomic E-state index is 13.1. The molecule has 4 nitrogen and oxygen atoms in total. The van der Waals surface area contributed by atoms with Crippen molar-refractivity contribution in [3.05, 3.63) is 57.8 Å². The summed E-state index contributed by atoms with van der Waals surface area (Å²) in [6.45, 7) is 0.143. The first kappa shape index (κ1) is 14.3. The average molecular weight is 340 g/mol. The lowest BCUT2D eigenvalue weighted by atomic mass is 10.2. The molecule has 2 rings (SSSR count). The third kappa shape index (κ3) is 3.27. The molecule has 0 aliphatic rings. The van der Waals surface area contributed by atoms with Gasteiger partial charge in [0.15, 0.2) is 0 Å². The highest BCUT2D eigenvalue weighted by atomic mass is 79.9. The van der Waals surface area contributed by atoms with Crippen LogP contribution in [-0.4, -0.2) is 11.1 Å². The molecule has 0 amide bonds. The number of hydrogen-bond donors (Lipinski definition) is 2. The molecule has 20 heavy (non-hydrogen) atoms. The van der Waals surface area contributed by atoms with Crippen molar-refractivity contribution in [1.29, 1.82) is 0 Å². The van der Waals surface area contributed by atoms with E-state index in [-0.39, 0.29) is 23.7 Å². The number of nitrogen functional groups attached to an aromatic ring is 1. The number of aromatic carboxylic acids is 1. The van der Waals surface area contributed by atoms with Gasteiger partial charge in [-0.1, -0.05) is 15.9 Å². The van der Waals surface area contributed by atoms with Gasteiger partial charge in [-0.3, -0.25) is 0 Å². The minimum atomic E-state index is -1.10. The predicted octanol–water partition coefficient (Wildman–Crippen LogP) is 3.45. The molecular formula is C14H11BrFNO3. The second-order valence-corrected chi connectivity index (χ2v) is 4.93. The molecule has 0 fully saturated rings. The van der Waals surface area contributed by atoms with Crippen LogP contribution in [0.25, 0.3) is 0 Å². The highest BCUT2D eigenvalue weighted by molar-refractivity contribution is 9.10. The van der Waals surface area contributed by atoms with Crippen molar-refractivity contribution in [3.8, 4) is 5.75 Å². The van der Waals surface area contributed by atoms with Gasteiger partial charge >= 0.3 is 5.97 Å². The molecule has 0 saturated heterocycles. The van der Waals surface area contributed by atoms with Crippen LogP contribution < -0.4 is 10.5 Å². The van der Waals surface area contributed by atoms with Crippen LogP contribution in [0.4, 0.5) is 10.1 Å². The third-order valence-electron chi connectivity index (χ3n) is 2.66. The van der Waals surface area contributed by atoms with Crippen LogP contribution in [0, 0.1) is 5.82 Å². The van der Waals surface area contributed by atoms with Crippen LogP contribution in [0.2, 0.25) is 0 Å². The topological polar surface area (TPSA) is 72.5 Å². The van der Waals surface area contributed by atoms with Crippen LogP contribution in [0.5, 0.6) is 5.75 Å². The first-order chi connectivity index (χ1) is 9.47. The molecule has 6 heteroatoms. The number of carboxylic acids is 1. The van der Waals surface area contributed by atoms with E-state index in [1.54, 1.807) is 6.07 Å². The normalized spacial score (nSPS) is 10.3. The van der Waals surface area contributed by atoms with Crippen molar-refractivity contribution < 1.29 is 19.0 Å². The number of benzene rings is 2. The van der Waals surface area contributed by atoms with Gasteiger partial charge in [-0.2, -0.15) is 0 Å². The fraction of sp³-hybridized carbons (Fsp3) is 0.0714. The fourth-order valence-corrected chi connectivity index (χ4v) is 2.00. The predicted molar refractivity (Wildman–Crippen MR) is 76.2 cm³/mol. The van der Waals surface area contributed by atoms with E-state index >= 15 is 0 Å². The average Bonchev–Trinajstić information content (AvgIpc) is 2.39. The molecule has 0 bridgehead atoms. The van der Waals surface area contributed by atoms with Gasteiger partial charge < -0.3 is 15.6 Å².